The van der Waals surface area contributed by atoms with Gasteiger partial charge in [0.2, 0.25) is 0 Å². The van der Waals surface area contributed by atoms with Crippen LogP contribution in [-0.2, 0) is 20.3 Å². The maximum absolute atomic E-state index is 5.93. The first-order chi connectivity index (χ1) is 17.0. The Morgan fingerprint density at radius 2 is 1.17 bits per heavy atom. The predicted molar refractivity (Wildman–Crippen MR) is 141 cm³/mol. The monoisotopic (exact) mass is 494 g/mol. The van der Waals surface area contributed by atoms with Crippen LogP contribution in [0.15, 0.2) is 64.6 Å². The maximum Gasteiger partial charge on any atom is 0.282 e. The zero-order valence-corrected chi connectivity index (χ0v) is 20.9. The summed E-state index contributed by atoms with van der Waals surface area (Å²) in [4.78, 5) is 8.56. The van der Waals surface area contributed by atoms with Gasteiger partial charge in [0.1, 0.15) is 13.2 Å². The van der Waals surface area contributed by atoms with Crippen LogP contribution in [0.3, 0.4) is 0 Å². The molecule has 2 aromatic carbocycles. The van der Waals surface area contributed by atoms with Crippen LogP contribution in [0, 0.1) is 0 Å². The van der Waals surface area contributed by atoms with Gasteiger partial charge in [-0.15, -0.1) is 0 Å². The molecule has 186 valence electrons. The number of nitrogens with two attached hydrogens (primary N) is 2. The van der Waals surface area contributed by atoms with E-state index in [-0.39, 0.29) is 12.1 Å². The fraction of sp³-hybridized carbons (Fsp3) is 0.500. The molecule has 2 aromatic rings. The quantitative estimate of drug-likeness (QED) is 0.535. The van der Waals surface area contributed by atoms with Crippen LogP contribution in [0.25, 0.3) is 0 Å². The minimum atomic E-state index is 0.245. The van der Waals surface area contributed by atoms with Crippen molar-refractivity contribution >= 4 is 23.6 Å². The van der Waals surface area contributed by atoms with Gasteiger partial charge in [0.25, 0.3) is 12.0 Å². The summed E-state index contributed by atoms with van der Waals surface area (Å²) in [6.45, 7) is 1.30. The fourth-order valence-electron chi connectivity index (χ4n) is 5.32. The van der Waals surface area contributed by atoms with E-state index in [0.717, 1.165) is 24.3 Å². The second-order valence-electron chi connectivity index (χ2n) is 10.4. The van der Waals surface area contributed by atoms with Gasteiger partial charge >= 0.3 is 0 Å². The van der Waals surface area contributed by atoms with Gasteiger partial charge in [-0.05, 0) is 85.5 Å². The molecule has 4 aliphatic rings. The normalized spacial score (nSPS) is 24.8. The Morgan fingerprint density at radius 3 is 1.57 bits per heavy atom. The van der Waals surface area contributed by atoms with Gasteiger partial charge in [0.05, 0.1) is 12.1 Å². The molecule has 2 fully saturated rings. The second kappa shape index (κ2) is 10.1. The van der Waals surface area contributed by atoms with Crippen molar-refractivity contribution in [2.24, 2.45) is 21.5 Å². The van der Waals surface area contributed by atoms with Crippen molar-refractivity contribution in [1.82, 2.24) is 0 Å². The number of halogens is 1. The summed E-state index contributed by atoms with van der Waals surface area (Å²) in [6, 6.07) is 20.3. The third-order valence-electron chi connectivity index (χ3n) is 7.93. The van der Waals surface area contributed by atoms with Crippen LogP contribution >= 0.6 is 11.6 Å². The van der Waals surface area contributed by atoms with E-state index in [2.05, 4.69) is 52.4 Å². The molecule has 2 atom stereocenters. The van der Waals surface area contributed by atoms with Crippen LogP contribution in [-0.4, -0.2) is 37.3 Å². The lowest BCUT2D eigenvalue weighted by Crippen LogP contribution is -2.13. The molecule has 0 saturated heterocycles. The van der Waals surface area contributed by atoms with Crippen LogP contribution in [0.1, 0.15) is 62.5 Å². The molecule has 0 spiro atoms. The molecule has 6 rings (SSSR count). The van der Waals surface area contributed by atoms with Gasteiger partial charge in [-0.2, -0.15) is 0 Å². The van der Waals surface area contributed by atoms with E-state index in [0.29, 0.717) is 36.1 Å². The lowest BCUT2D eigenvalue weighted by Gasteiger charge is -2.16. The average molecular weight is 495 g/mol. The van der Waals surface area contributed by atoms with Crippen molar-refractivity contribution in [2.75, 3.05) is 13.2 Å². The summed E-state index contributed by atoms with van der Waals surface area (Å²) < 4.78 is 10.4. The van der Waals surface area contributed by atoms with Gasteiger partial charge in [0, 0.05) is 5.02 Å². The molecule has 2 saturated carbocycles. The third-order valence-corrected chi connectivity index (χ3v) is 8.18. The summed E-state index contributed by atoms with van der Waals surface area (Å²) >= 11 is 5.93. The second-order valence-corrected chi connectivity index (χ2v) is 10.8. The lowest BCUT2D eigenvalue weighted by molar-refractivity contribution is 0.302. The van der Waals surface area contributed by atoms with Gasteiger partial charge in [0.15, 0.2) is 0 Å². The van der Waals surface area contributed by atoms with E-state index in [1.54, 1.807) is 0 Å². The summed E-state index contributed by atoms with van der Waals surface area (Å²) in [5, 5.41) is 0.802. The molecule has 4 N–H and O–H groups in total. The minimum absolute atomic E-state index is 0.245. The average Bonchev–Trinajstić information content (AvgIpc) is 3.77. The minimum Gasteiger partial charge on any atom is -0.463 e. The number of aliphatic imine (C=N–C) groups is 2. The first kappa shape index (κ1) is 24.0. The Bertz CT molecular complexity index is 1060. The zero-order valence-electron chi connectivity index (χ0n) is 20.2. The van der Waals surface area contributed by atoms with Crippen molar-refractivity contribution in [2.45, 2.75) is 74.3 Å². The standard InChI is InChI=1S/C14H17ClN2O.C14H18N2O/c15-11-3-1-10(2-4-11)14(7-8-14)6-5-12-9-18-13(16)17-12;15-13-16-12(10-17-13)6-7-14(8-9-14)11-4-2-1-3-5-11/h1-4,12H,5-9H2,(H2,16,17);1-5,12H,6-10H2,(H2,15,16)/t2*12-/m00/s1. The molecule has 0 aromatic heterocycles. The van der Waals surface area contributed by atoms with E-state index < -0.39 is 0 Å². The Balaban J connectivity index is 0.000000145. The highest BCUT2D eigenvalue weighted by Crippen LogP contribution is 2.53. The molecule has 2 aliphatic heterocycles. The molecule has 35 heavy (non-hydrogen) atoms. The SMILES string of the molecule is NC1=N[C@@H](CCC2(c3ccc(Cl)cc3)CC2)CO1.NC1=N[C@@H](CCC2(c3ccccc3)CC2)CO1. The van der Waals surface area contributed by atoms with Crippen molar-refractivity contribution in [3.8, 4) is 0 Å². The number of nitrogens with zero attached hydrogens (tertiary/aromatic N) is 2. The smallest absolute Gasteiger partial charge is 0.282 e. The van der Waals surface area contributed by atoms with Gasteiger partial charge in [-0.1, -0.05) is 54.1 Å². The molecule has 0 radical (unpaired) electrons. The molecule has 2 aliphatic carbocycles. The Kier molecular flexibility index (Phi) is 6.92. The van der Waals surface area contributed by atoms with E-state index in [4.69, 9.17) is 32.5 Å². The van der Waals surface area contributed by atoms with Crippen molar-refractivity contribution in [1.29, 1.82) is 0 Å². The van der Waals surface area contributed by atoms with Crippen molar-refractivity contribution in [3.05, 3.63) is 70.7 Å². The fourth-order valence-corrected chi connectivity index (χ4v) is 5.44. The number of rotatable bonds is 8. The van der Waals surface area contributed by atoms with Crippen LogP contribution in [0.5, 0.6) is 0 Å². The molecule has 7 heteroatoms. The first-order valence-corrected chi connectivity index (χ1v) is 13.1. The number of hydrogen-bond donors (Lipinski definition) is 2. The van der Waals surface area contributed by atoms with Crippen LogP contribution in [0.2, 0.25) is 5.02 Å². The molecular weight excluding hydrogens is 460 g/mol. The highest BCUT2D eigenvalue weighted by Gasteiger charge is 2.44. The lowest BCUT2D eigenvalue weighted by atomic mass is 9.89. The Morgan fingerprint density at radius 1 is 0.714 bits per heavy atom. The van der Waals surface area contributed by atoms with Gasteiger partial charge in [-0.25, -0.2) is 9.98 Å². The largest absolute Gasteiger partial charge is 0.463 e. The van der Waals surface area contributed by atoms with Crippen molar-refractivity contribution in [3.63, 3.8) is 0 Å². The number of benzene rings is 2. The highest BCUT2D eigenvalue weighted by molar-refractivity contribution is 6.30. The molecular formula is C28H35ClN4O2. The highest BCUT2D eigenvalue weighted by atomic mass is 35.5. The van der Waals surface area contributed by atoms with E-state index >= 15 is 0 Å². The van der Waals surface area contributed by atoms with Gasteiger partial charge < -0.3 is 20.9 Å². The van der Waals surface area contributed by atoms with Gasteiger partial charge in [-0.3, -0.25) is 0 Å². The topological polar surface area (TPSA) is 95.2 Å². The molecule has 0 bridgehead atoms. The zero-order chi connectivity index (χ0) is 24.3. The predicted octanol–water partition coefficient (Wildman–Crippen LogP) is 5.08. The van der Waals surface area contributed by atoms with Crippen molar-refractivity contribution < 1.29 is 9.47 Å². The Labute approximate surface area is 212 Å². The third kappa shape index (κ3) is 5.92. The van der Waals surface area contributed by atoms with E-state index in [9.17, 15) is 0 Å². The molecule has 2 heterocycles. The van der Waals surface area contributed by atoms with Crippen LogP contribution in [0.4, 0.5) is 0 Å². The first-order valence-electron chi connectivity index (χ1n) is 12.7. The maximum atomic E-state index is 5.93. The summed E-state index contributed by atoms with van der Waals surface area (Å²) in [6.07, 6.45) is 9.62. The molecule has 0 unspecified atom stereocenters. The Hall–Kier alpha value is -2.73. The summed E-state index contributed by atoms with van der Waals surface area (Å²) in [5.74, 6) is 0. The van der Waals surface area contributed by atoms with E-state index in [1.807, 2.05) is 12.1 Å². The number of hydrogen-bond acceptors (Lipinski definition) is 6. The number of amidine groups is 2. The van der Waals surface area contributed by atoms with E-state index in [1.165, 1.54) is 43.2 Å². The summed E-state index contributed by atoms with van der Waals surface area (Å²) in [7, 11) is 0. The summed E-state index contributed by atoms with van der Waals surface area (Å²) in [5.41, 5.74) is 14.7. The number of ether oxygens (including phenoxy) is 2. The molecule has 6 nitrogen and oxygen atoms in total. The van der Waals surface area contributed by atoms with Crippen LogP contribution < -0.4 is 11.5 Å². The molecule has 0 amide bonds.